The van der Waals surface area contributed by atoms with Crippen LogP contribution in [0.15, 0.2) is 22.7 Å². The minimum atomic E-state index is -0.388. The minimum absolute atomic E-state index is 0.330. The molecule has 1 aromatic rings. The third-order valence-corrected chi connectivity index (χ3v) is 2.87. The van der Waals surface area contributed by atoms with Crippen LogP contribution in [-0.4, -0.2) is 12.6 Å². The molecule has 0 atom stereocenters. The number of benzene rings is 1. The molecule has 2 N–H and O–H groups in total. The van der Waals surface area contributed by atoms with Crippen LogP contribution in [0.2, 0.25) is 0 Å². The quantitative estimate of drug-likeness (QED) is 0.515. The maximum atomic E-state index is 11.6. The van der Waals surface area contributed by atoms with Gasteiger partial charge in [0.25, 0.3) is 0 Å². The Morgan fingerprint density at radius 2 is 2.24 bits per heavy atom. The molecule has 5 heteroatoms. The van der Waals surface area contributed by atoms with Gasteiger partial charge in [-0.25, -0.2) is 4.79 Å². The van der Waals surface area contributed by atoms with Gasteiger partial charge in [0.05, 0.1) is 18.2 Å². The summed E-state index contributed by atoms with van der Waals surface area (Å²) in [6, 6.07) is 6.97. The van der Waals surface area contributed by atoms with Gasteiger partial charge in [0.1, 0.15) is 0 Å². The fraction of sp³-hybridized carbons (Fsp3) is 0.333. The van der Waals surface area contributed by atoms with Crippen LogP contribution in [0.25, 0.3) is 0 Å². The van der Waals surface area contributed by atoms with Crippen molar-refractivity contribution in [2.45, 2.75) is 19.3 Å². The number of anilines is 1. The van der Waals surface area contributed by atoms with E-state index in [9.17, 15) is 4.79 Å². The summed E-state index contributed by atoms with van der Waals surface area (Å²) in [6.07, 6.45) is 1.93. The van der Waals surface area contributed by atoms with Crippen LogP contribution in [0.4, 0.5) is 5.69 Å². The van der Waals surface area contributed by atoms with Gasteiger partial charge in [-0.05, 0) is 47.0 Å². The number of nitrogens with two attached hydrogens (primary N) is 1. The van der Waals surface area contributed by atoms with E-state index in [2.05, 4.69) is 15.9 Å². The molecule has 0 saturated carbocycles. The number of hydrogen-bond donors (Lipinski definition) is 1. The highest BCUT2D eigenvalue weighted by molar-refractivity contribution is 9.10. The summed E-state index contributed by atoms with van der Waals surface area (Å²) in [5, 5.41) is 8.33. The molecule has 0 amide bonds. The average molecular weight is 297 g/mol. The van der Waals surface area contributed by atoms with E-state index in [0.717, 1.165) is 10.9 Å². The summed E-state index contributed by atoms with van der Waals surface area (Å²) in [7, 11) is 0. The molecule has 0 aromatic heterocycles. The number of nitrogens with zero attached hydrogens (tertiary/aromatic N) is 1. The van der Waals surface area contributed by atoms with Crippen LogP contribution in [0.5, 0.6) is 0 Å². The fourth-order valence-corrected chi connectivity index (χ4v) is 1.47. The third-order valence-electron chi connectivity index (χ3n) is 2.15. The smallest absolute Gasteiger partial charge is 0.338 e. The zero-order chi connectivity index (χ0) is 12.7. The molecule has 1 rings (SSSR count). The van der Waals surface area contributed by atoms with E-state index < -0.39 is 0 Å². The van der Waals surface area contributed by atoms with Crippen molar-refractivity contribution < 1.29 is 9.53 Å². The first-order chi connectivity index (χ1) is 8.15. The Labute approximate surface area is 108 Å². The van der Waals surface area contributed by atoms with Crippen LogP contribution in [0.1, 0.15) is 29.6 Å². The van der Waals surface area contributed by atoms with Gasteiger partial charge in [-0.3, -0.25) is 0 Å². The van der Waals surface area contributed by atoms with Crippen LogP contribution in [0.3, 0.4) is 0 Å². The first-order valence-corrected chi connectivity index (χ1v) is 6.03. The number of nitriles is 1. The second kappa shape index (κ2) is 6.92. The summed E-state index contributed by atoms with van der Waals surface area (Å²) in [5.74, 6) is -0.388. The van der Waals surface area contributed by atoms with Gasteiger partial charge < -0.3 is 10.5 Å². The Balaban J connectivity index is 2.42. The Morgan fingerprint density at radius 1 is 1.47 bits per heavy atom. The van der Waals surface area contributed by atoms with Crippen molar-refractivity contribution in [3.8, 4) is 6.07 Å². The molecule has 4 nitrogen and oxygen atoms in total. The molecular formula is C12H13BrN2O2. The second-order valence-electron chi connectivity index (χ2n) is 3.49. The standard InChI is InChI=1S/C12H13BrN2O2/c13-10-5-4-9(8-11(10)15)12(16)17-7-3-1-2-6-14/h4-5,8H,1-3,7,15H2. The van der Waals surface area contributed by atoms with Gasteiger partial charge in [0.15, 0.2) is 0 Å². The molecule has 1 aromatic carbocycles. The van der Waals surface area contributed by atoms with Gasteiger partial charge >= 0.3 is 5.97 Å². The molecule has 0 bridgehead atoms. The molecular weight excluding hydrogens is 284 g/mol. The average Bonchev–Trinajstić information content (AvgIpc) is 2.32. The van der Waals surface area contributed by atoms with Crippen molar-refractivity contribution in [1.29, 1.82) is 5.26 Å². The molecule has 0 unspecified atom stereocenters. The van der Waals surface area contributed by atoms with Crippen molar-refractivity contribution in [3.63, 3.8) is 0 Å². The number of halogens is 1. The number of unbranched alkanes of at least 4 members (excludes halogenated alkanes) is 2. The van der Waals surface area contributed by atoms with Crippen LogP contribution >= 0.6 is 15.9 Å². The van der Waals surface area contributed by atoms with E-state index in [-0.39, 0.29) is 5.97 Å². The highest BCUT2D eigenvalue weighted by Gasteiger charge is 2.08. The largest absolute Gasteiger partial charge is 0.462 e. The highest BCUT2D eigenvalue weighted by Crippen LogP contribution is 2.20. The second-order valence-corrected chi connectivity index (χ2v) is 4.34. The van der Waals surface area contributed by atoms with Crippen molar-refractivity contribution in [3.05, 3.63) is 28.2 Å². The predicted molar refractivity (Wildman–Crippen MR) is 68.3 cm³/mol. The summed E-state index contributed by atoms with van der Waals surface area (Å²) in [5.41, 5.74) is 6.60. The summed E-state index contributed by atoms with van der Waals surface area (Å²) in [4.78, 5) is 11.6. The lowest BCUT2D eigenvalue weighted by molar-refractivity contribution is 0.0499. The lowest BCUT2D eigenvalue weighted by Crippen LogP contribution is -2.07. The monoisotopic (exact) mass is 296 g/mol. The molecule has 0 fully saturated rings. The van der Waals surface area contributed by atoms with Gasteiger partial charge in [0.2, 0.25) is 0 Å². The molecule has 0 aliphatic heterocycles. The van der Waals surface area contributed by atoms with E-state index in [1.54, 1.807) is 18.2 Å². The Morgan fingerprint density at radius 3 is 2.88 bits per heavy atom. The Bertz CT molecular complexity index is 441. The topological polar surface area (TPSA) is 76.1 Å². The molecule has 0 spiro atoms. The zero-order valence-electron chi connectivity index (χ0n) is 9.28. The number of nitrogen functional groups attached to an aromatic ring is 1. The number of rotatable bonds is 5. The van der Waals surface area contributed by atoms with E-state index in [4.69, 9.17) is 15.7 Å². The number of hydrogen-bond acceptors (Lipinski definition) is 4. The van der Waals surface area contributed by atoms with Crippen molar-refractivity contribution in [1.82, 2.24) is 0 Å². The van der Waals surface area contributed by atoms with Crippen LogP contribution in [-0.2, 0) is 4.74 Å². The van der Waals surface area contributed by atoms with E-state index in [1.165, 1.54) is 0 Å². The first kappa shape index (κ1) is 13.5. The lowest BCUT2D eigenvalue weighted by atomic mass is 10.2. The highest BCUT2D eigenvalue weighted by atomic mass is 79.9. The number of esters is 1. The van der Waals surface area contributed by atoms with Crippen molar-refractivity contribution in [2.75, 3.05) is 12.3 Å². The fourth-order valence-electron chi connectivity index (χ4n) is 1.23. The molecule has 90 valence electrons. The van der Waals surface area contributed by atoms with Crippen molar-refractivity contribution >= 4 is 27.6 Å². The lowest BCUT2D eigenvalue weighted by Gasteiger charge is -2.05. The Kier molecular flexibility index (Phi) is 5.50. The maximum Gasteiger partial charge on any atom is 0.338 e. The molecule has 0 heterocycles. The predicted octanol–water partition coefficient (Wildman–Crippen LogP) is 2.88. The summed E-state index contributed by atoms with van der Waals surface area (Å²) in [6.45, 7) is 0.330. The zero-order valence-corrected chi connectivity index (χ0v) is 10.9. The minimum Gasteiger partial charge on any atom is -0.462 e. The molecule has 0 aliphatic carbocycles. The third kappa shape index (κ3) is 4.45. The molecule has 17 heavy (non-hydrogen) atoms. The van der Waals surface area contributed by atoms with Gasteiger partial charge in [-0.15, -0.1) is 0 Å². The van der Waals surface area contributed by atoms with Gasteiger partial charge in [-0.2, -0.15) is 5.26 Å². The maximum absolute atomic E-state index is 11.6. The molecule has 0 aliphatic rings. The van der Waals surface area contributed by atoms with Gasteiger partial charge in [-0.1, -0.05) is 0 Å². The summed E-state index contributed by atoms with van der Waals surface area (Å²) < 4.78 is 5.80. The SMILES string of the molecule is N#CCCCCOC(=O)c1ccc(Br)c(N)c1. The van der Waals surface area contributed by atoms with Gasteiger partial charge in [0, 0.05) is 16.6 Å². The van der Waals surface area contributed by atoms with Crippen LogP contribution < -0.4 is 5.73 Å². The number of carbonyl (C=O) groups excluding carboxylic acids is 1. The summed E-state index contributed by atoms with van der Waals surface area (Å²) >= 11 is 3.25. The number of ether oxygens (including phenoxy) is 1. The normalized spacial score (nSPS) is 9.65. The van der Waals surface area contributed by atoms with Crippen molar-refractivity contribution in [2.24, 2.45) is 0 Å². The number of carbonyl (C=O) groups is 1. The van der Waals surface area contributed by atoms with Crippen LogP contribution in [0, 0.1) is 11.3 Å². The van der Waals surface area contributed by atoms with E-state index in [1.807, 2.05) is 6.07 Å². The first-order valence-electron chi connectivity index (χ1n) is 5.24. The molecule has 0 saturated heterocycles. The van der Waals surface area contributed by atoms with E-state index in [0.29, 0.717) is 30.7 Å². The Hall–Kier alpha value is -1.54. The van der Waals surface area contributed by atoms with E-state index >= 15 is 0 Å². The molecule has 0 radical (unpaired) electrons.